The van der Waals surface area contributed by atoms with Gasteiger partial charge in [0, 0.05) is 26.1 Å². The Morgan fingerprint density at radius 2 is 2.18 bits per heavy atom. The molecule has 2 fully saturated rings. The van der Waals surface area contributed by atoms with Gasteiger partial charge in [-0.2, -0.15) is 0 Å². The van der Waals surface area contributed by atoms with Gasteiger partial charge in [-0.05, 0) is 31.7 Å². The number of nitrogens with zero attached hydrogens (tertiary/aromatic N) is 2. The molecule has 1 amide bonds. The van der Waals surface area contributed by atoms with E-state index in [9.17, 15) is 9.59 Å². The van der Waals surface area contributed by atoms with Crippen LogP contribution in [0.1, 0.15) is 25.7 Å². The summed E-state index contributed by atoms with van der Waals surface area (Å²) < 4.78 is 0. The number of likely N-dealkylation sites (tertiary alicyclic amines) is 2. The maximum Gasteiger partial charge on any atom is 0.317 e. The molecule has 5 heteroatoms. The maximum atomic E-state index is 11.5. The molecule has 0 aromatic carbocycles. The summed E-state index contributed by atoms with van der Waals surface area (Å²) in [6.07, 6.45) is 3.82. The van der Waals surface area contributed by atoms with E-state index in [0.29, 0.717) is 12.3 Å². The lowest BCUT2D eigenvalue weighted by Gasteiger charge is -2.33. The first kappa shape index (κ1) is 12.4. The van der Waals surface area contributed by atoms with Gasteiger partial charge in [0.05, 0.1) is 6.54 Å². The van der Waals surface area contributed by atoms with Crippen molar-refractivity contribution in [2.75, 3.05) is 32.7 Å². The second-order valence-corrected chi connectivity index (χ2v) is 5.08. The van der Waals surface area contributed by atoms with Gasteiger partial charge in [0.25, 0.3) is 0 Å². The van der Waals surface area contributed by atoms with Crippen LogP contribution in [0.25, 0.3) is 0 Å². The Bertz CT molecular complexity index is 306. The van der Waals surface area contributed by atoms with Crippen molar-refractivity contribution in [1.82, 2.24) is 9.80 Å². The van der Waals surface area contributed by atoms with E-state index < -0.39 is 5.97 Å². The average Bonchev–Trinajstić information content (AvgIpc) is 2.64. The van der Waals surface area contributed by atoms with Gasteiger partial charge in [-0.15, -0.1) is 0 Å². The van der Waals surface area contributed by atoms with Crippen LogP contribution >= 0.6 is 0 Å². The zero-order valence-corrected chi connectivity index (χ0v) is 10.1. The first-order valence-electron chi connectivity index (χ1n) is 6.37. The topological polar surface area (TPSA) is 60.9 Å². The number of carbonyl (C=O) groups is 2. The van der Waals surface area contributed by atoms with Crippen LogP contribution in [0.15, 0.2) is 0 Å². The normalized spacial score (nSPS) is 26.5. The minimum absolute atomic E-state index is 0.129. The van der Waals surface area contributed by atoms with Crippen molar-refractivity contribution >= 4 is 11.9 Å². The van der Waals surface area contributed by atoms with Gasteiger partial charge in [-0.25, -0.2) is 0 Å². The molecule has 17 heavy (non-hydrogen) atoms. The summed E-state index contributed by atoms with van der Waals surface area (Å²) in [5.41, 5.74) is 0. The molecule has 0 aromatic heterocycles. The predicted octanol–water partition coefficient (Wildman–Crippen LogP) is 0.405. The van der Waals surface area contributed by atoms with E-state index in [2.05, 4.69) is 0 Å². The molecule has 0 spiro atoms. The number of amides is 1. The molecule has 0 aliphatic carbocycles. The SMILES string of the molecule is O=C(O)CN1CCCC(CN2CCCC2=O)C1. The number of carbonyl (C=O) groups excluding carboxylic acids is 1. The van der Waals surface area contributed by atoms with Crippen LogP contribution < -0.4 is 0 Å². The van der Waals surface area contributed by atoms with Gasteiger partial charge in [0.1, 0.15) is 0 Å². The van der Waals surface area contributed by atoms with Gasteiger partial charge in [-0.1, -0.05) is 0 Å². The van der Waals surface area contributed by atoms with Crippen LogP contribution in [0.5, 0.6) is 0 Å². The van der Waals surface area contributed by atoms with Gasteiger partial charge in [-0.3, -0.25) is 14.5 Å². The second kappa shape index (κ2) is 5.49. The molecule has 1 unspecified atom stereocenters. The summed E-state index contributed by atoms with van der Waals surface area (Å²) in [5.74, 6) is -0.0478. The average molecular weight is 240 g/mol. The quantitative estimate of drug-likeness (QED) is 0.773. The summed E-state index contributed by atoms with van der Waals surface area (Å²) in [6.45, 7) is 3.51. The van der Waals surface area contributed by atoms with Crippen LogP contribution in [0.2, 0.25) is 0 Å². The van der Waals surface area contributed by atoms with Crippen molar-refractivity contribution in [2.45, 2.75) is 25.7 Å². The monoisotopic (exact) mass is 240 g/mol. The van der Waals surface area contributed by atoms with Crippen molar-refractivity contribution in [3.05, 3.63) is 0 Å². The van der Waals surface area contributed by atoms with Gasteiger partial charge >= 0.3 is 5.97 Å². The Morgan fingerprint density at radius 1 is 1.35 bits per heavy atom. The number of hydrogen-bond acceptors (Lipinski definition) is 3. The summed E-state index contributed by atoms with van der Waals surface area (Å²) in [4.78, 5) is 26.1. The molecule has 2 saturated heterocycles. The summed E-state index contributed by atoms with van der Waals surface area (Å²) in [6, 6.07) is 0. The lowest BCUT2D eigenvalue weighted by Crippen LogP contribution is -2.43. The van der Waals surface area contributed by atoms with E-state index >= 15 is 0 Å². The van der Waals surface area contributed by atoms with Gasteiger partial charge < -0.3 is 10.0 Å². The molecule has 0 aromatic rings. The van der Waals surface area contributed by atoms with E-state index in [1.807, 2.05) is 9.80 Å². The van der Waals surface area contributed by atoms with E-state index in [4.69, 9.17) is 5.11 Å². The van der Waals surface area contributed by atoms with Crippen molar-refractivity contribution in [3.63, 3.8) is 0 Å². The van der Waals surface area contributed by atoms with Gasteiger partial charge in [0.2, 0.25) is 5.91 Å². The van der Waals surface area contributed by atoms with Crippen LogP contribution in [-0.2, 0) is 9.59 Å². The van der Waals surface area contributed by atoms with Crippen LogP contribution in [0.4, 0.5) is 0 Å². The van der Waals surface area contributed by atoms with Gasteiger partial charge in [0.15, 0.2) is 0 Å². The minimum Gasteiger partial charge on any atom is -0.480 e. The number of piperidine rings is 1. The highest BCUT2D eigenvalue weighted by Crippen LogP contribution is 2.20. The Morgan fingerprint density at radius 3 is 2.82 bits per heavy atom. The van der Waals surface area contributed by atoms with E-state index in [0.717, 1.165) is 45.4 Å². The smallest absolute Gasteiger partial charge is 0.317 e. The molecule has 2 aliphatic rings. The highest BCUT2D eigenvalue weighted by atomic mass is 16.4. The fourth-order valence-electron chi connectivity index (χ4n) is 2.84. The van der Waals surface area contributed by atoms with E-state index in [1.165, 1.54) is 0 Å². The Labute approximate surface area is 101 Å². The third kappa shape index (κ3) is 3.43. The van der Waals surface area contributed by atoms with Crippen LogP contribution in [-0.4, -0.2) is 59.5 Å². The second-order valence-electron chi connectivity index (χ2n) is 5.08. The highest BCUT2D eigenvalue weighted by Gasteiger charge is 2.27. The number of carboxylic acid groups (broad SMARTS) is 1. The maximum absolute atomic E-state index is 11.5. The molecule has 2 aliphatic heterocycles. The highest BCUT2D eigenvalue weighted by molar-refractivity contribution is 5.78. The first-order chi connectivity index (χ1) is 8.15. The molecule has 0 radical (unpaired) electrons. The van der Waals surface area contributed by atoms with Crippen molar-refractivity contribution < 1.29 is 14.7 Å². The van der Waals surface area contributed by atoms with Crippen molar-refractivity contribution in [3.8, 4) is 0 Å². The van der Waals surface area contributed by atoms with Crippen LogP contribution in [0, 0.1) is 5.92 Å². The van der Waals surface area contributed by atoms with Crippen molar-refractivity contribution in [1.29, 1.82) is 0 Å². The lowest BCUT2D eigenvalue weighted by molar-refractivity contribution is -0.139. The summed E-state index contributed by atoms with van der Waals surface area (Å²) in [5, 5.41) is 8.77. The van der Waals surface area contributed by atoms with E-state index in [-0.39, 0.29) is 12.5 Å². The van der Waals surface area contributed by atoms with Crippen LogP contribution in [0.3, 0.4) is 0 Å². The zero-order chi connectivity index (χ0) is 12.3. The first-order valence-corrected chi connectivity index (χ1v) is 6.37. The standard InChI is InChI=1S/C12H20N2O3/c15-11-4-2-6-14(11)8-10-3-1-5-13(7-10)9-12(16)17/h10H,1-9H2,(H,16,17). The van der Waals surface area contributed by atoms with Crippen molar-refractivity contribution in [2.24, 2.45) is 5.92 Å². The third-order valence-electron chi connectivity index (χ3n) is 3.61. The lowest BCUT2D eigenvalue weighted by atomic mass is 9.97. The molecule has 0 bridgehead atoms. The summed E-state index contributed by atoms with van der Waals surface area (Å²) >= 11 is 0. The number of carboxylic acids is 1. The Balaban J connectivity index is 1.80. The fraction of sp³-hybridized carbons (Fsp3) is 0.833. The predicted molar refractivity (Wildman–Crippen MR) is 62.6 cm³/mol. The third-order valence-corrected chi connectivity index (χ3v) is 3.61. The minimum atomic E-state index is -0.761. The molecule has 2 heterocycles. The largest absolute Gasteiger partial charge is 0.480 e. The Kier molecular flexibility index (Phi) is 3.99. The molecule has 96 valence electrons. The molecular formula is C12H20N2O3. The summed E-state index contributed by atoms with van der Waals surface area (Å²) in [7, 11) is 0. The number of hydrogen-bond donors (Lipinski definition) is 1. The Hall–Kier alpha value is -1.10. The molecule has 1 atom stereocenters. The molecule has 2 rings (SSSR count). The zero-order valence-electron chi connectivity index (χ0n) is 10.1. The molecule has 0 saturated carbocycles. The fourth-order valence-corrected chi connectivity index (χ4v) is 2.84. The molecule has 1 N–H and O–H groups in total. The molecular weight excluding hydrogens is 220 g/mol. The van der Waals surface area contributed by atoms with E-state index in [1.54, 1.807) is 0 Å². The number of rotatable bonds is 4. The number of aliphatic carboxylic acids is 1. The molecule has 5 nitrogen and oxygen atoms in total.